The second-order valence-electron chi connectivity index (χ2n) is 10.0. The molecule has 1 fully saturated rings. The number of H-pyrrole nitrogens is 1. The summed E-state index contributed by atoms with van der Waals surface area (Å²) in [7, 11) is 0. The third-order valence-electron chi connectivity index (χ3n) is 7.82. The number of halogens is 2. The maximum Gasteiger partial charge on any atom is 0.410 e. The first-order chi connectivity index (χ1) is 18.9. The third-order valence-corrected chi connectivity index (χ3v) is 7.82. The number of aromatic nitrogens is 4. The van der Waals surface area contributed by atoms with Gasteiger partial charge in [0, 0.05) is 43.0 Å². The number of pyridine rings is 2. The van der Waals surface area contributed by atoms with Gasteiger partial charge in [-0.15, -0.1) is 0 Å². The number of hydrogen-bond acceptors (Lipinski definition) is 6. The summed E-state index contributed by atoms with van der Waals surface area (Å²) in [6.07, 6.45) is 2.42. The number of aromatic amines is 1. The van der Waals surface area contributed by atoms with Gasteiger partial charge in [0.2, 0.25) is 0 Å². The van der Waals surface area contributed by atoms with Gasteiger partial charge in [0.25, 0.3) is 0 Å². The van der Waals surface area contributed by atoms with Crippen molar-refractivity contribution >= 4 is 17.3 Å². The first kappa shape index (κ1) is 25.2. The monoisotopic (exact) mass is 535 g/mol. The van der Waals surface area contributed by atoms with Crippen molar-refractivity contribution in [2.24, 2.45) is 0 Å². The molecule has 1 aliphatic carbocycles. The number of nitrogens with one attached hydrogen (secondary N) is 1. The molecule has 1 amide bonds. The summed E-state index contributed by atoms with van der Waals surface area (Å²) in [6, 6.07) is 10.8. The van der Waals surface area contributed by atoms with Crippen LogP contribution in [0, 0.1) is 11.6 Å². The predicted octanol–water partition coefficient (Wildman–Crippen LogP) is 4.52. The molecule has 3 atom stereocenters. The van der Waals surface area contributed by atoms with Crippen molar-refractivity contribution in [3.05, 3.63) is 93.8 Å². The minimum absolute atomic E-state index is 0.0778. The van der Waals surface area contributed by atoms with E-state index < -0.39 is 35.9 Å². The molecule has 2 aliphatic rings. The Labute approximate surface area is 222 Å². The standard InChI is InChI=1S/C28H27F2N5O4/c29-20-6-1-4-17(23(20)30)18-8-9-22(24-19(25(18)36)5-2-12-31-24)39-28(38)34-14-10-16(11-15-34)35-21-7-3-13-32-26(21)33-27(35)37/h1-7,12-13,16,18,22,25,36H,8-11,14-15H2,(H,32,33,37)/t18?,22-,25?/m1/s1. The quantitative estimate of drug-likeness (QED) is 0.373. The number of nitrogens with zero attached hydrogens (tertiary/aromatic N) is 4. The number of aliphatic hydroxyl groups excluding tert-OH is 1. The van der Waals surface area contributed by atoms with E-state index in [-0.39, 0.29) is 30.1 Å². The third kappa shape index (κ3) is 4.56. The number of fused-ring (bicyclic) bond motifs is 2. The van der Waals surface area contributed by atoms with Crippen LogP contribution in [0.15, 0.2) is 59.7 Å². The molecule has 39 heavy (non-hydrogen) atoms. The van der Waals surface area contributed by atoms with Crippen LogP contribution in [0.5, 0.6) is 0 Å². The van der Waals surface area contributed by atoms with E-state index in [0.717, 1.165) is 11.6 Å². The highest BCUT2D eigenvalue weighted by Crippen LogP contribution is 2.44. The van der Waals surface area contributed by atoms with E-state index in [4.69, 9.17) is 4.74 Å². The summed E-state index contributed by atoms with van der Waals surface area (Å²) in [6.45, 7) is 0.787. The molecule has 0 saturated carbocycles. The molecular weight excluding hydrogens is 508 g/mol. The van der Waals surface area contributed by atoms with Gasteiger partial charge in [-0.25, -0.2) is 23.4 Å². The highest BCUT2D eigenvalue weighted by Gasteiger charge is 2.37. The number of amides is 1. The summed E-state index contributed by atoms with van der Waals surface area (Å²) < 4.78 is 36.2. The van der Waals surface area contributed by atoms with E-state index >= 15 is 0 Å². The molecule has 9 nitrogen and oxygen atoms in total. The van der Waals surface area contributed by atoms with Crippen LogP contribution >= 0.6 is 0 Å². The summed E-state index contributed by atoms with van der Waals surface area (Å²) in [5, 5.41) is 11.2. The van der Waals surface area contributed by atoms with Crippen LogP contribution in [0.2, 0.25) is 0 Å². The highest BCUT2D eigenvalue weighted by atomic mass is 19.2. The van der Waals surface area contributed by atoms with E-state index in [2.05, 4.69) is 15.0 Å². The minimum Gasteiger partial charge on any atom is -0.440 e. The molecule has 2 unspecified atom stereocenters. The Hall–Kier alpha value is -4.12. The Bertz CT molecular complexity index is 1580. The molecule has 0 bridgehead atoms. The van der Waals surface area contributed by atoms with Gasteiger partial charge in [-0.1, -0.05) is 18.2 Å². The van der Waals surface area contributed by atoms with Gasteiger partial charge in [-0.2, -0.15) is 0 Å². The van der Waals surface area contributed by atoms with Gasteiger partial charge in [0.1, 0.15) is 6.10 Å². The van der Waals surface area contributed by atoms with E-state index in [0.29, 0.717) is 42.8 Å². The first-order valence-corrected chi connectivity index (χ1v) is 13.0. The van der Waals surface area contributed by atoms with Crippen molar-refractivity contribution in [1.82, 2.24) is 24.4 Å². The zero-order valence-corrected chi connectivity index (χ0v) is 21.0. The predicted molar refractivity (Wildman–Crippen MR) is 137 cm³/mol. The van der Waals surface area contributed by atoms with Crippen LogP contribution in [-0.4, -0.2) is 48.7 Å². The number of carbonyl (C=O) groups is 1. The zero-order valence-electron chi connectivity index (χ0n) is 21.0. The largest absolute Gasteiger partial charge is 0.440 e. The average molecular weight is 536 g/mol. The average Bonchev–Trinajstić information content (AvgIpc) is 3.23. The summed E-state index contributed by atoms with van der Waals surface area (Å²) in [5.41, 5.74) is 1.94. The number of aliphatic hydroxyl groups is 1. The van der Waals surface area contributed by atoms with Gasteiger partial charge < -0.3 is 14.7 Å². The molecule has 4 aromatic rings. The van der Waals surface area contributed by atoms with Crippen LogP contribution < -0.4 is 5.69 Å². The van der Waals surface area contributed by atoms with E-state index in [9.17, 15) is 23.5 Å². The highest BCUT2D eigenvalue weighted by molar-refractivity contribution is 5.70. The molecule has 4 heterocycles. The Balaban J connectivity index is 1.18. The Kier molecular flexibility index (Phi) is 6.59. The van der Waals surface area contributed by atoms with Crippen LogP contribution in [-0.2, 0) is 4.74 Å². The number of likely N-dealkylation sites (tertiary alicyclic amines) is 1. The molecule has 0 radical (unpaired) electrons. The van der Waals surface area contributed by atoms with Crippen molar-refractivity contribution in [3.8, 4) is 0 Å². The van der Waals surface area contributed by atoms with E-state index in [1.54, 1.807) is 40.1 Å². The second-order valence-corrected chi connectivity index (χ2v) is 10.0. The van der Waals surface area contributed by atoms with Gasteiger partial charge >= 0.3 is 11.8 Å². The number of ether oxygens (including phenoxy) is 1. The number of hydrogen-bond donors (Lipinski definition) is 2. The normalized spacial score (nSPS) is 21.9. The molecular formula is C28H27F2N5O4. The maximum atomic E-state index is 14.6. The summed E-state index contributed by atoms with van der Waals surface area (Å²) >= 11 is 0. The Morgan fingerprint density at radius 3 is 2.54 bits per heavy atom. The van der Waals surface area contributed by atoms with E-state index in [1.807, 2.05) is 6.07 Å². The van der Waals surface area contributed by atoms with Crippen LogP contribution in [0.1, 0.15) is 66.7 Å². The number of imidazole rings is 1. The van der Waals surface area contributed by atoms with Crippen molar-refractivity contribution < 1.29 is 23.4 Å². The molecule has 2 N–H and O–H groups in total. The van der Waals surface area contributed by atoms with Gasteiger partial charge in [-0.3, -0.25) is 14.5 Å². The lowest BCUT2D eigenvalue weighted by Gasteiger charge is -2.33. The molecule has 1 aliphatic heterocycles. The Morgan fingerprint density at radius 2 is 1.72 bits per heavy atom. The van der Waals surface area contributed by atoms with Crippen molar-refractivity contribution in [3.63, 3.8) is 0 Å². The first-order valence-electron chi connectivity index (χ1n) is 13.0. The number of rotatable bonds is 3. The SMILES string of the molecule is O=C(O[C@@H]1CCC(c2cccc(F)c2F)C(O)c2cccnc21)N1CCC(n2c(=O)[nH]c3ncccc32)CC1. The van der Waals surface area contributed by atoms with Crippen molar-refractivity contribution in [1.29, 1.82) is 0 Å². The molecule has 3 aromatic heterocycles. The summed E-state index contributed by atoms with van der Waals surface area (Å²) in [4.78, 5) is 38.7. The van der Waals surface area contributed by atoms with Gasteiger partial charge in [0.15, 0.2) is 17.3 Å². The smallest absolute Gasteiger partial charge is 0.410 e. The fourth-order valence-electron chi connectivity index (χ4n) is 5.86. The molecule has 6 rings (SSSR count). The topological polar surface area (TPSA) is 113 Å². The number of benzene rings is 1. The molecule has 11 heteroatoms. The van der Waals surface area contributed by atoms with Crippen molar-refractivity contribution in [2.45, 2.75) is 49.9 Å². The summed E-state index contributed by atoms with van der Waals surface area (Å²) in [5.74, 6) is -2.70. The lowest BCUT2D eigenvalue weighted by Crippen LogP contribution is -2.41. The lowest BCUT2D eigenvalue weighted by molar-refractivity contribution is 0.0471. The fourth-order valence-corrected chi connectivity index (χ4v) is 5.86. The molecule has 0 spiro atoms. The lowest BCUT2D eigenvalue weighted by atomic mass is 9.87. The van der Waals surface area contributed by atoms with Crippen LogP contribution in [0.25, 0.3) is 11.2 Å². The fraction of sp³-hybridized carbons (Fsp3) is 0.357. The van der Waals surface area contributed by atoms with Gasteiger partial charge in [-0.05, 0) is 55.5 Å². The molecule has 202 valence electrons. The minimum atomic E-state index is -1.14. The second kappa shape index (κ2) is 10.2. The Morgan fingerprint density at radius 1 is 0.974 bits per heavy atom. The van der Waals surface area contributed by atoms with Crippen LogP contribution in [0.4, 0.5) is 13.6 Å². The molecule has 1 saturated heterocycles. The number of piperidine rings is 1. The van der Waals surface area contributed by atoms with E-state index in [1.165, 1.54) is 12.1 Å². The van der Waals surface area contributed by atoms with Crippen LogP contribution in [0.3, 0.4) is 0 Å². The maximum absolute atomic E-state index is 14.6. The zero-order chi connectivity index (χ0) is 27.1. The van der Waals surface area contributed by atoms with Gasteiger partial charge in [0.05, 0.1) is 17.3 Å². The number of carbonyl (C=O) groups excluding carboxylic acids is 1. The molecule has 1 aromatic carbocycles. The van der Waals surface area contributed by atoms with Crippen molar-refractivity contribution in [2.75, 3.05) is 13.1 Å².